The number of hydrogen-bond donors (Lipinski definition) is 1. The summed E-state index contributed by atoms with van der Waals surface area (Å²) in [5, 5.41) is 8.87. The maximum atomic E-state index is 13.5. The van der Waals surface area contributed by atoms with Gasteiger partial charge in [-0.2, -0.15) is 0 Å². The Kier molecular flexibility index (Phi) is 3.29. The Labute approximate surface area is 105 Å². The molecule has 18 heavy (non-hydrogen) atoms. The molecule has 90 valence electrons. The van der Waals surface area contributed by atoms with Crippen LogP contribution in [-0.2, 0) is 4.79 Å². The monoisotopic (exact) mass is 242 g/mol. The first-order valence-electron chi connectivity index (χ1n) is 5.51. The van der Waals surface area contributed by atoms with Crippen LogP contribution in [0.25, 0.3) is 11.1 Å². The Morgan fingerprint density at radius 1 is 1.22 bits per heavy atom. The molecule has 0 aliphatic rings. The first kappa shape index (κ1) is 12.1. The number of carboxylic acid groups (broad SMARTS) is 1. The van der Waals surface area contributed by atoms with Crippen LogP contribution in [0.2, 0.25) is 0 Å². The third-order valence-corrected chi connectivity index (χ3v) is 2.77. The summed E-state index contributed by atoms with van der Waals surface area (Å²) in [6.07, 6.45) is 0. The largest absolute Gasteiger partial charge is 0.481 e. The van der Waals surface area contributed by atoms with E-state index in [0.29, 0.717) is 16.7 Å². The van der Waals surface area contributed by atoms with Gasteiger partial charge in [0, 0.05) is 16.7 Å². The van der Waals surface area contributed by atoms with Gasteiger partial charge in [0.1, 0.15) is 5.82 Å². The van der Waals surface area contributed by atoms with Crippen LogP contribution in [0.4, 0.5) is 4.39 Å². The molecular weight excluding hydrogens is 231 g/mol. The lowest BCUT2D eigenvalue weighted by Gasteiger charge is -2.04. The lowest BCUT2D eigenvalue weighted by atomic mass is 10.00. The number of rotatable bonds is 3. The van der Waals surface area contributed by atoms with Crippen molar-refractivity contribution in [2.24, 2.45) is 0 Å². The van der Waals surface area contributed by atoms with E-state index in [0.717, 1.165) is 0 Å². The minimum absolute atomic E-state index is 0.332. The lowest BCUT2D eigenvalue weighted by molar-refractivity contribution is -0.138. The van der Waals surface area contributed by atoms with Gasteiger partial charge < -0.3 is 5.11 Å². The smallest absolute Gasteiger partial charge is 0.311 e. The van der Waals surface area contributed by atoms with E-state index in [1.54, 1.807) is 37.3 Å². The van der Waals surface area contributed by atoms with Crippen LogP contribution in [0.5, 0.6) is 0 Å². The highest BCUT2D eigenvalue weighted by molar-refractivity contribution is 5.75. The zero-order valence-corrected chi connectivity index (χ0v) is 9.77. The Morgan fingerprint density at radius 2 is 1.94 bits per heavy atom. The van der Waals surface area contributed by atoms with Crippen molar-refractivity contribution in [2.75, 3.05) is 0 Å². The molecule has 0 aliphatic carbocycles. The molecule has 3 heteroatoms. The zero-order chi connectivity index (χ0) is 13.1. The summed E-state index contributed by atoms with van der Waals surface area (Å²) in [6, 6.07) is 15.2. The predicted molar refractivity (Wildman–Crippen MR) is 65.6 cm³/mol. The van der Waals surface area contributed by atoms with Gasteiger partial charge in [-0.05, 0) is 25.1 Å². The lowest BCUT2D eigenvalue weighted by Crippen LogP contribution is -2.06. The van der Waals surface area contributed by atoms with Gasteiger partial charge in [0.25, 0.3) is 0 Å². The molecule has 1 unspecified atom stereocenters. The molecule has 2 aromatic rings. The highest BCUT2D eigenvalue weighted by atomic mass is 19.1. The van der Waals surface area contributed by atoms with Crippen LogP contribution in [0.1, 0.15) is 18.4 Å². The molecule has 0 aliphatic heterocycles. The van der Waals surface area contributed by atoms with Crippen molar-refractivity contribution < 1.29 is 14.3 Å². The van der Waals surface area contributed by atoms with E-state index < -0.39 is 11.9 Å². The minimum atomic E-state index is -0.918. The van der Waals surface area contributed by atoms with Crippen LogP contribution >= 0.6 is 0 Å². The van der Waals surface area contributed by atoms with Gasteiger partial charge >= 0.3 is 5.97 Å². The van der Waals surface area contributed by atoms with Gasteiger partial charge in [-0.25, -0.2) is 4.39 Å². The van der Waals surface area contributed by atoms with E-state index in [1.807, 2.05) is 0 Å². The second-order valence-electron chi connectivity index (χ2n) is 3.99. The van der Waals surface area contributed by atoms with Crippen LogP contribution in [0.3, 0.4) is 0 Å². The minimum Gasteiger partial charge on any atom is -0.481 e. The maximum absolute atomic E-state index is 13.5. The highest BCUT2D eigenvalue weighted by Crippen LogP contribution is 2.22. The summed E-state index contributed by atoms with van der Waals surface area (Å²) in [5.41, 5.74) is 1.53. The standard InChI is InChI=1S/C15H11FO2/c1-10(15(17)18)11-6-8-12(9-7-11)13-4-2-3-5-14(13)16/h2-6,8,10H,1H3,(H,17,18). The Bertz CT molecular complexity index is 561. The van der Waals surface area contributed by atoms with Crippen molar-refractivity contribution >= 4 is 5.97 Å². The highest BCUT2D eigenvalue weighted by Gasteiger charge is 2.13. The van der Waals surface area contributed by atoms with Crippen LogP contribution < -0.4 is 0 Å². The number of aliphatic carboxylic acids is 1. The van der Waals surface area contributed by atoms with E-state index in [-0.39, 0.29) is 5.82 Å². The average Bonchev–Trinajstić information content (AvgIpc) is 2.38. The molecule has 1 N–H and O–H groups in total. The van der Waals surface area contributed by atoms with Gasteiger partial charge in [-0.15, -0.1) is 0 Å². The summed E-state index contributed by atoms with van der Waals surface area (Å²) < 4.78 is 13.5. The first-order valence-corrected chi connectivity index (χ1v) is 5.51. The molecule has 0 aromatic heterocycles. The van der Waals surface area contributed by atoms with Gasteiger partial charge in [0.2, 0.25) is 0 Å². The molecule has 0 amide bonds. The first-order chi connectivity index (χ1) is 8.59. The molecule has 2 nitrogen and oxygen atoms in total. The van der Waals surface area contributed by atoms with Crippen LogP contribution in [0, 0.1) is 17.9 Å². The van der Waals surface area contributed by atoms with Crippen molar-refractivity contribution in [3.05, 3.63) is 59.9 Å². The Hall–Kier alpha value is -2.34. The zero-order valence-electron chi connectivity index (χ0n) is 9.77. The van der Waals surface area contributed by atoms with E-state index >= 15 is 0 Å². The fourth-order valence-electron chi connectivity index (χ4n) is 1.62. The normalized spacial score (nSPS) is 11.7. The molecule has 0 fully saturated rings. The van der Waals surface area contributed by atoms with Gasteiger partial charge in [-0.3, -0.25) is 4.79 Å². The molecule has 1 atom stereocenters. The van der Waals surface area contributed by atoms with Gasteiger partial charge in [0.15, 0.2) is 0 Å². The molecule has 0 saturated heterocycles. The molecule has 2 aromatic carbocycles. The van der Waals surface area contributed by atoms with Crippen LogP contribution in [-0.4, -0.2) is 11.1 Å². The number of carboxylic acids is 1. The molecule has 2 rings (SSSR count). The summed E-state index contributed by atoms with van der Waals surface area (Å²) >= 11 is 0. The van der Waals surface area contributed by atoms with E-state index in [1.165, 1.54) is 6.07 Å². The Balaban J connectivity index is 2.34. The fraction of sp³-hybridized carbons (Fsp3) is 0.133. The molecule has 0 spiro atoms. The van der Waals surface area contributed by atoms with Crippen molar-refractivity contribution in [2.45, 2.75) is 12.8 Å². The van der Waals surface area contributed by atoms with Crippen molar-refractivity contribution in [1.29, 1.82) is 0 Å². The van der Waals surface area contributed by atoms with Crippen molar-refractivity contribution in [3.8, 4) is 11.1 Å². The maximum Gasteiger partial charge on any atom is 0.311 e. The number of hydrogen-bond acceptors (Lipinski definition) is 1. The summed E-state index contributed by atoms with van der Waals surface area (Å²) in [5.74, 6) is -1.89. The molecule has 0 radical (unpaired) electrons. The fourth-order valence-corrected chi connectivity index (χ4v) is 1.62. The van der Waals surface area contributed by atoms with Crippen molar-refractivity contribution in [1.82, 2.24) is 0 Å². The second kappa shape index (κ2) is 4.89. The number of carbonyl (C=O) groups is 1. The third kappa shape index (κ3) is 2.33. The van der Waals surface area contributed by atoms with E-state index in [9.17, 15) is 9.18 Å². The van der Waals surface area contributed by atoms with Gasteiger partial charge in [-0.1, -0.05) is 30.3 Å². The SMILES string of the molecule is CC(C(=O)O)c1c#cc(-c2ccccc2F)cc1. The summed E-state index contributed by atoms with van der Waals surface area (Å²) in [7, 11) is 0. The predicted octanol–water partition coefficient (Wildman–Crippen LogP) is 3.28. The van der Waals surface area contributed by atoms with Crippen molar-refractivity contribution in [3.63, 3.8) is 0 Å². The molecule has 0 bridgehead atoms. The molecule has 0 saturated carbocycles. The summed E-state index contributed by atoms with van der Waals surface area (Å²) in [6.45, 7) is 1.57. The molecular formula is C15H11FO2. The number of halogens is 1. The van der Waals surface area contributed by atoms with E-state index in [2.05, 4.69) is 12.1 Å². The quantitative estimate of drug-likeness (QED) is 0.896. The molecule has 0 heterocycles. The third-order valence-electron chi connectivity index (χ3n) is 2.77. The Morgan fingerprint density at radius 3 is 2.50 bits per heavy atom. The summed E-state index contributed by atoms with van der Waals surface area (Å²) in [4.78, 5) is 10.8. The number of benzene rings is 1. The second-order valence-corrected chi connectivity index (χ2v) is 3.99. The van der Waals surface area contributed by atoms with Crippen LogP contribution in [0.15, 0.2) is 36.4 Å². The van der Waals surface area contributed by atoms with Gasteiger partial charge in [0.05, 0.1) is 5.92 Å². The topological polar surface area (TPSA) is 37.3 Å². The average molecular weight is 242 g/mol. The van der Waals surface area contributed by atoms with E-state index in [4.69, 9.17) is 5.11 Å².